The second-order valence-corrected chi connectivity index (χ2v) is 5.07. The van der Waals surface area contributed by atoms with Crippen molar-refractivity contribution in [2.45, 2.75) is 19.4 Å². The Kier molecular flexibility index (Phi) is 5.17. The zero-order chi connectivity index (χ0) is 14.5. The molecule has 0 aliphatic carbocycles. The van der Waals surface area contributed by atoms with Gasteiger partial charge < -0.3 is 9.84 Å². The van der Waals surface area contributed by atoms with Gasteiger partial charge in [-0.3, -0.25) is 9.97 Å². The summed E-state index contributed by atoms with van der Waals surface area (Å²) in [6.45, 7) is 2.62. The third-order valence-electron chi connectivity index (χ3n) is 2.62. The van der Waals surface area contributed by atoms with E-state index in [1.807, 2.05) is 6.92 Å². The first-order valence-electron chi connectivity index (χ1n) is 6.18. The molecule has 0 aliphatic rings. The summed E-state index contributed by atoms with van der Waals surface area (Å²) >= 11 is 11.8. The van der Waals surface area contributed by atoms with E-state index < -0.39 is 6.10 Å². The number of hydrogen-bond acceptors (Lipinski definition) is 4. The first kappa shape index (κ1) is 15.0. The molecule has 0 aliphatic heterocycles. The van der Waals surface area contributed by atoms with Gasteiger partial charge in [-0.2, -0.15) is 0 Å². The molecule has 2 aromatic rings. The summed E-state index contributed by atoms with van der Waals surface area (Å²) in [5.74, 6) is 0.605. The maximum absolute atomic E-state index is 10.3. The molecule has 6 heteroatoms. The predicted octanol–water partition coefficient (Wildman–Crippen LogP) is 3.65. The first-order chi connectivity index (χ1) is 9.61. The lowest BCUT2D eigenvalue weighted by atomic mass is 10.1. The summed E-state index contributed by atoms with van der Waals surface area (Å²) < 4.78 is 5.48. The Balaban J connectivity index is 2.26. The normalized spacial score (nSPS) is 12.2. The van der Waals surface area contributed by atoms with Gasteiger partial charge in [0.25, 0.3) is 0 Å². The number of pyridine rings is 2. The molecule has 2 rings (SSSR count). The topological polar surface area (TPSA) is 55.2 Å². The van der Waals surface area contributed by atoms with Crippen LogP contribution in [0.2, 0.25) is 10.0 Å². The fourth-order valence-electron chi connectivity index (χ4n) is 1.67. The maximum Gasteiger partial charge on any atom is 0.137 e. The Hall–Kier alpha value is -1.36. The van der Waals surface area contributed by atoms with Gasteiger partial charge in [0.05, 0.1) is 28.5 Å². The van der Waals surface area contributed by atoms with Crippen LogP contribution in [0.3, 0.4) is 0 Å². The zero-order valence-electron chi connectivity index (χ0n) is 10.9. The van der Waals surface area contributed by atoms with Gasteiger partial charge in [0, 0.05) is 18.0 Å². The monoisotopic (exact) mass is 312 g/mol. The van der Waals surface area contributed by atoms with Crippen molar-refractivity contribution in [2.75, 3.05) is 6.61 Å². The quantitative estimate of drug-likeness (QED) is 0.915. The van der Waals surface area contributed by atoms with E-state index in [0.717, 1.165) is 6.42 Å². The predicted molar refractivity (Wildman–Crippen MR) is 78.3 cm³/mol. The number of rotatable bonds is 5. The average Bonchev–Trinajstić information content (AvgIpc) is 2.45. The molecule has 2 heterocycles. The van der Waals surface area contributed by atoms with Gasteiger partial charge in [-0.25, -0.2) is 0 Å². The largest absolute Gasteiger partial charge is 0.492 e. The van der Waals surface area contributed by atoms with E-state index in [4.69, 9.17) is 27.9 Å². The minimum absolute atomic E-state index is 0.310. The molecule has 0 aromatic carbocycles. The lowest BCUT2D eigenvalue weighted by Gasteiger charge is -2.13. The van der Waals surface area contributed by atoms with E-state index in [9.17, 15) is 5.11 Å². The van der Waals surface area contributed by atoms with Crippen LogP contribution in [0.5, 0.6) is 5.75 Å². The molecule has 106 valence electrons. The highest BCUT2D eigenvalue weighted by molar-refractivity contribution is 6.34. The van der Waals surface area contributed by atoms with Crippen LogP contribution in [0.1, 0.15) is 30.7 Å². The lowest BCUT2D eigenvalue weighted by Crippen LogP contribution is -2.05. The first-order valence-corrected chi connectivity index (χ1v) is 6.94. The van der Waals surface area contributed by atoms with Gasteiger partial charge in [-0.1, -0.05) is 30.1 Å². The van der Waals surface area contributed by atoms with Crippen LogP contribution in [0, 0.1) is 0 Å². The molecule has 0 spiro atoms. The average molecular weight is 313 g/mol. The summed E-state index contributed by atoms with van der Waals surface area (Å²) in [4.78, 5) is 8.11. The van der Waals surface area contributed by atoms with Crippen molar-refractivity contribution >= 4 is 23.2 Å². The van der Waals surface area contributed by atoms with Crippen molar-refractivity contribution in [1.29, 1.82) is 0 Å². The second kappa shape index (κ2) is 6.88. The van der Waals surface area contributed by atoms with Gasteiger partial charge in [0.1, 0.15) is 11.9 Å². The molecule has 0 radical (unpaired) electrons. The van der Waals surface area contributed by atoms with E-state index in [1.165, 1.54) is 6.20 Å². The highest BCUT2D eigenvalue weighted by Gasteiger charge is 2.17. The van der Waals surface area contributed by atoms with Crippen LogP contribution in [0.4, 0.5) is 0 Å². The number of nitrogens with zero attached hydrogens (tertiary/aromatic N) is 2. The van der Waals surface area contributed by atoms with Crippen LogP contribution >= 0.6 is 23.2 Å². The zero-order valence-corrected chi connectivity index (χ0v) is 12.4. The van der Waals surface area contributed by atoms with Gasteiger partial charge in [-0.15, -0.1) is 0 Å². The van der Waals surface area contributed by atoms with Gasteiger partial charge >= 0.3 is 0 Å². The maximum atomic E-state index is 10.3. The van der Waals surface area contributed by atoms with Crippen molar-refractivity contribution < 1.29 is 9.84 Å². The van der Waals surface area contributed by atoms with Crippen molar-refractivity contribution in [2.24, 2.45) is 0 Å². The summed E-state index contributed by atoms with van der Waals surface area (Å²) in [5, 5.41) is 11.1. The van der Waals surface area contributed by atoms with Crippen LogP contribution in [-0.4, -0.2) is 21.7 Å². The molecule has 0 saturated heterocycles. The number of halogens is 2. The molecule has 1 N–H and O–H groups in total. The van der Waals surface area contributed by atoms with Crippen LogP contribution in [0.15, 0.2) is 30.7 Å². The summed E-state index contributed by atoms with van der Waals surface area (Å²) in [6, 6.07) is 3.26. The Labute approximate surface area is 127 Å². The Morgan fingerprint density at radius 2 is 2.05 bits per heavy atom. The van der Waals surface area contributed by atoms with E-state index in [1.54, 1.807) is 24.5 Å². The smallest absolute Gasteiger partial charge is 0.137 e. The van der Waals surface area contributed by atoms with Gasteiger partial charge in [-0.05, 0) is 18.6 Å². The number of aliphatic hydroxyl groups excluding tert-OH is 1. The van der Waals surface area contributed by atoms with Crippen LogP contribution in [0.25, 0.3) is 0 Å². The molecule has 0 saturated carbocycles. The molecular formula is C14H14Cl2N2O2. The standard InChI is InChI=1S/C14H14Cl2N2O2/c1-2-3-20-11-4-9(6-17-8-11)14(19)13-12(16)5-10(15)7-18-13/h4-8,14,19H,2-3H2,1H3. The number of aliphatic hydroxyl groups is 1. The number of aromatic nitrogens is 2. The van der Waals surface area contributed by atoms with Crippen LogP contribution < -0.4 is 4.74 Å². The number of ether oxygens (including phenoxy) is 1. The molecule has 20 heavy (non-hydrogen) atoms. The third-order valence-corrected chi connectivity index (χ3v) is 3.13. The van der Waals surface area contributed by atoms with Crippen molar-refractivity contribution in [3.63, 3.8) is 0 Å². The Morgan fingerprint density at radius 1 is 1.25 bits per heavy atom. The summed E-state index contributed by atoms with van der Waals surface area (Å²) in [5.41, 5.74) is 0.904. The Morgan fingerprint density at radius 3 is 2.75 bits per heavy atom. The van der Waals surface area contributed by atoms with Crippen molar-refractivity contribution in [3.8, 4) is 5.75 Å². The molecule has 2 aromatic heterocycles. The van der Waals surface area contributed by atoms with E-state index in [0.29, 0.717) is 33.7 Å². The SMILES string of the molecule is CCCOc1cncc(C(O)c2ncc(Cl)cc2Cl)c1. The van der Waals surface area contributed by atoms with Crippen molar-refractivity contribution in [1.82, 2.24) is 9.97 Å². The molecular weight excluding hydrogens is 299 g/mol. The minimum atomic E-state index is -0.975. The van der Waals surface area contributed by atoms with E-state index in [2.05, 4.69) is 9.97 Å². The molecule has 0 fully saturated rings. The van der Waals surface area contributed by atoms with Gasteiger partial charge in [0.15, 0.2) is 0 Å². The van der Waals surface area contributed by atoms with E-state index in [-0.39, 0.29) is 0 Å². The molecule has 1 atom stereocenters. The fraction of sp³-hybridized carbons (Fsp3) is 0.286. The van der Waals surface area contributed by atoms with Gasteiger partial charge in [0.2, 0.25) is 0 Å². The minimum Gasteiger partial charge on any atom is -0.492 e. The summed E-state index contributed by atoms with van der Waals surface area (Å²) in [6.07, 6.45) is 4.52. The Bertz CT molecular complexity index is 593. The third kappa shape index (κ3) is 3.60. The number of hydrogen-bond donors (Lipinski definition) is 1. The highest BCUT2D eigenvalue weighted by atomic mass is 35.5. The summed E-state index contributed by atoms with van der Waals surface area (Å²) in [7, 11) is 0. The molecule has 4 nitrogen and oxygen atoms in total. The molecule has 1 unspecified atom stereocenters. The highest BCUT2D eigenvalue weighted by Crippen LogP contribution is 2.29. The second-order valence-electron chi connectivity index (χ2n) is 4.23. The molecule has 0 bridgehead atoms. The lowest BCUT2D eigenvalue weighted by molar-refractivity contribution is 0.214. The van der Waals surface area contributed by atoms with Crippen LogP contribution in [-0.2, 0) is 0 Å². The molecule has 0 amide bonds. The van der Waals surface area contributed by atoms with Crippen molar-refractivity contribution in [3.05, 3.63) is 52.0 Å². The van der Waals surface area contributed by atoms with E-state index >= 15 is 0 Å². The fourth-order valence-corrected chi connectivity index (χ4v) is 2.15.